The highest BCUT2D eigenvalue weighted by molar-refractivity contribution is 7.92. The van der Waals surface area contributed by atoms with E-state index >= 15 is 0 Å². The summed E-state index contributed by atoms with van der Waals surface area (Å²) in [6.45, 7) is 0.530. The van der Waals surface area contributed by atoms with E-state index in [2.05, 4.69) is 5.32 Å². The van der Waals surface area contributed by atoms with E-state index in [0.717, 1.165) is 5.56 Å². The third-order valence-corrected chi connectivity index (χ3v) is 6.43. The fourth-order valence-corrected chi connectivity index (χ4v) is 4.42. The summed E-state index contributed by atoms with van der Waals surface area (Å²) >= 11 is 5.89. The van der Waals surface area contributed by atoms with Crippen LogP contribution < -0.4 is 5.32 Å². The highest BCUT2D eigenvalue weighted by Crippen LogP contribution is 2.28. The maximum atomic E-state index is 12.5. The molecular weight excluding hydrogens is 400 g/mol. The molecule has 2 N–H and O–H groups in total. The zero-order chi connectivity index (χ0) is 20.1. The van der Waals surface area contributed by atoms with Crippen LogP contribution in [-0.4, -0.2) is 36.8 Å². The molecule has 0 radical (unpaired) electrons. The number of aromatic hydroxyl groups is 1. The second-order valence-electron chi connectivity index (χ2n) is 6.58. The van der Waals surface area contributed by atoms with Crippen molar-refractivity contribution in [2.24, 2.45) is 5.92 Å². The van der Waals surface area contributed by atoms with Gasteiger partial charge in [0, 0.05) is 29.4 Å². The lowest BCUT2D eigenvalue weighted by molar-refractivity contribution is -0.120. The fourth-order valence-electron chi connectivity index (χ4n) is 3.03. The Labute approximate surface area is 169 Å². The Balaban J connectivity index is 1.58. The maximum Gasteiger partial charge on any atom is 0.236 e. The third kappa shape index (κ3) is 5.13. The highest BCUT2D eigenvalue weighted by atomic mass is 35.5. The minimum Gasteiger partial charge on any atom is -0.506 e. The number of carbonyl (C=O) groups is 1. The van der Waals surface area contributed by atoms with Gasteiger partial charge in [-0.1, -0.05) is 41.9 Å². The molecule has 1 aliphatic heterocycles. The van der Waals surface area contributed by atoms with Gasteiger partial charge in [0.15, 0.2) is 0 Å². The monoisotopic (exact) mass is 420 g/mol. The summed E-state index contributed by atoms with van der Waals surface area (Å²) in [5.41, 5.74) is 1.06. The molecule has 2 aromatic rings. The molecular formula is C20H21ClN2O4S. The Hall–Kier alpha value is -2.35. The molecule has 0 atom stereocenters. The van der Waals surface area contributed by atoms with Gasteiger partial charge in [-0.15, -0.1) is 0 Å². The molecule has 1 aliphatic rings. The van der Waals surface area contributed by atoms with Gasteiger partial charge in [0.25, 0.3) is 0 Å². The number of hydrogen-bond acceptors (Lipinski definition) is 4. The Morgan fingerprint density at radius 3 is 2.50 bits per heavy atom. The summed E-state index contributed by atoms with van der Waals surface area (Å²) < 4.78 is 26.4. The van der Waals surface area contributed by atoms with Crippen molar-refractivity contribution >= 4 is 39.3 Å². The molecule has 148 valence electrons. The second kappa shape index (κ2) is 8.77. The molecule has 0 aliphatic carbocycles. The molecule has 1 saturated heterocycles. The average molecular weight is 421 g/mol. The van der Waals surface area contributed by atoms with Crippen LogP contribution in [0.25, 0.3) is 6.08 Å². The number of phenols is 1. The molecule has 1 amide bonds. The first-order chi connectivity index (χ1) is 13.3. The minimum atomic E-state index is -3.54. The van der Waals surface area contributed by atoms with Crippen LogP contribution in [-0.2, 0) is 14.8 Å². The Kier molecular flexibility index (Phi) is 6.39. The maximum absolute atomic E-state index is 12.5. The predicted molar refractivity (Wildman–Crippen MR) is 110 cm³/mol. The number of benzene rings is 2. The van der Waals surface area contributed by atoms with Crippen LogP contribution in [0.15, 0.2) is 53.9 Å². The number of sulfonamides is 1. The van der Waals surface area contributed by atoms with Gasteiger partial charge in [0.05, 0.1) is 5.69 Å². The molecule has 8 heteroatoms. The van der Waals surface area contributed by atoms with Crippen molar-refractivity contribution in [3.05, 3.63) is 64.5 Å². The normalized spacial score (nSPS) is 16.3. The predicted octanol–water partition coefficient (Wildman–Crippen LogP) is 3.70. The van der Waals surface area contributed by atoms with Gasteiger partial charge in [0.1, 0.15) is 5.75 Å². The Bertz CT molecular complexity index is 969. The van der Waals surface area contributed by atoms with Gasteiger partial charge in [0.2, 0.25) is 15.9 Å². The lowest BCUT2D eigenvalue weighted by Gasteiger charge is -2.29. The molecule has 0 aromatic heterocycles. The number of anilines is 1. The number of nitrogens with one attached hydrogen (secondary N) is 1. The number of halogens is 1. The number of phenolic OH excluding ortho intramolecular Hbond substituents is 1. The Morgan fingerprint density at radius 2 is 1.82 bits per heavy atom. The van der Waals surface area contributed by atoms with Crippen LogP contribution >= 0.6 is 11.6 Å². The van der Waals surface area contributed by atoms with Crippen molar-refractivity contribution < 1.29 is 18.3 Å². The van der Waals surface area contributed by atoms with Gasteiger partial charge in [-0.3, -0.25) is 4.79 Å². The molecule has 2 aromatic carbocycles. The molecule has 28 heavy (non-hydrogen) atoms. The fraction of sp³-hybridized carbons (Fsp3) is 0.250. The minimum absolute atomic E-state index is 0.0659. The number of carbonyl (C=O) groups excluding carboxylic acids is 1. The number of rotatable bonds is 5. The first-order valence-electron chi connectivity index (χ1n) is 8.88. The van der Waals surface area contributed by atoms with E-state index in [1.807, 2.05) is 30.3 Å². The summed E-state index contributed by atoms with van der Waals surface area (Å²) in [7, 11) is -3.54. The van der Waals surface area contributed by atoms with E-state index in [-0.39, 0.29) is 36.4 Å². The van der Waals surface area contributed by atoms with Gasteiger partial charge < -0.3 is 10.4 Å². The van der Waals surface area contributed by atoms with E-state index in [0.29, 0.717) is 17.9 Å². The van der Waals surface area contributed by atoms with Crippen molar-refractivity contribution in [3.8, 4) is 5.75 Å². The number of piperidine rings is 1. The standard InChI is InChI=1S/C20H21ClN2O4S/c21-17-6-7-19(24)18(14-17)22-20(25)16-8-11-23(12-9-16)28(26,27)13-10-15-4-2-1-3-5-15/h1-7,10,13-14,16,24H,8-9,11-12H2,(H,22,25)/b13-10+. The molecule has 0 unspecified atom stereocenters. The molecule has 0 bridgehead atoms. The molecule has 0 spiro atoms. The first kappa shape index (κ1) is 20.4. The highest BCUT2D eigenvalue weighted by Gasteiger charge is 2.30. The van der Waals surface area contributed by atoms with Crippen LogP contribution in [0, 0.1) is 5.92 Å². The van der Waals surface area contributed by atoms with E-state index < -0.39 is 10.0 Å². The van der Waals surface area contributed by atoms with Crippen LogP contribution in [0.3, 0.4) is 0 Å². The summed E-state index contributed by atoms with van der Waals surface area (Å²) in [6.07, 6.45) is 2.38. The molecule has 3 rings (SSSR count). The van der Waals surface area contributed by atoms with Gasteiger partial charge in [-0.25, -0.2) is 8.42 Å². The molecule has 0 saturated carbocycles. The summed E-state index contributed by atoms with van der Waals surface area (Å²) in [5, 5.41) is 14.1. The quantitative estimate of drug-likeness (QED) is 0.722. The Morgan fingerprint density at radius 1 is 1.14 bits per heavy atom. The van der Waals surface area contributed by atoms with Gasteiger partial charge in [-0.05, 0) is 42.7 Å². The van der Waals surface area contributed by atoms with Gasteiger partial charge in [-0.2, -0.15) is 4.31 Å². The van der Waals surface area contributed by atoms with Crippen LogP contribution in [0.5, 0.6) is 5.75 Å². The van der Waals surface area contributed by atoms with Crippen LogP contribution in [0.4, 0.5) is 5.69 Å². The summed E-state index contributed by atoms with van der Waals surface area (Å²) in [5.74, 6) is -0.652. The first-order valence-corrected chi connectivity index (χ1v) is 10.8. The summed E-state index contributed by atoms with van der Waals surface area (Å²) in [6, 6.07) is 13.6. The van der Waals surface area contributed by atoms with E-state index in [4.69, 9.17) is 11.6 Å². The number of nitrogens with zero attached hydrogens (tertiary/aromatic N) is 1. The zero-order valence-corrected chi connectivity index (χ0v) is 16.7. The van der Waals surface area contributed by atoms with Crippen molar-refractivity contribution in [2.45, 2.75) is 12.8 Å². The van der Waals surface area contributed by atoms with Crippen LogP contribution in [0.1, 0.15) is 18.4 Å². The van der Waals surface area contributed by atoms with E-state index in [1.165, 1.54) is 27.9 Å². The number of amides is 1. The van der Waals surface area contributed by atoms with Gasteiger partial charge >= 0.3 is 0 Å². The molecule has 1 fully saturated rings. The topological polar surface area (TPSA) is 86.7 Å². The van der Waals surface area contributed by atoms with E-state index in [1.54, 1.807) is 6.08 Å². The van der Waals surface area contributed by atoms with Crippen LogP contribution in [0.2, 0.25) is 5.02 Å². The van der Waals surface area contributed by atoms with Crippen molar-refractivity contribution in [1.82, 2.24) is 4.31 Å². The summed E-state index contributed by atoms with van der Waals surface area (Å²) in [4.78, 5) is 12.5. The smallest absolute Gasteiger partial charge is 0.236 e. The average Bonchev–Trinajstić information content (AvgIpc) is 2.70. The molecule has 1 heterocycles. The van der Waals surface area contributed by atoms with E-state index in [9.17, 15) is 18.3 Å². The third-order valence-electron chi connectivity index (χ3n) is 4.63. The molecule has 6 nitrogen and oxygen atoms in total. The SMILES string of the molecule is O=C(Nc1cc(Cl)ccc1O)C1CCN(S(=O)(=O)/C=C/c2ccccc2)CC1. The van der Waals surface area contributed by atoms with Crippen molar-refractivity contribution in [3.63, 3.8) is 0 Å². The lowest BCUT2D eigenvalue weighted by atomic mass is 9.97. The largest absolute Gasteiger partial charge is 0.506 e. The lowest BCUT2D eigenvalue weighted by Crippen LogP contribution is -2.40. The second-order valence-corrected chi connectivity index (χ2v) is 8.84. The van der Waals surface area contributed by atoms with Crippen molar-refractivity contribution in [1.29, 1.82) is 0 Å². The van der Waals surface area contributed by atoms with Crippen molar-refractivity contribution in [2.75, 3.05) is 18.4 Å². The number of hydrogen-bond donors (Lipinski definition) is 2. The zero-order valence-electron chi connectivity index (χ0n) is 15.1.